The Balaban J connectivity index is 1.91. The lowest BCUT2D eigenvalue weighted by atomic mass is 10.3. The molecule has 2 rings (SSSR count). The first-order chi connectivity index (χ1) is 6.18. The molecule has 1 saturated carbocycles. The van der Waals surface area contributed by atoms with Crippen LogP contribution in [0.25, 0.3) is 0 Å². The van der Waals surface area contributed by atoms with Crippen LogP contribution in [0.15, 0.2) is 22.9 Å². The Morgan fingerprint density at radius 2 is 2.31 bits per heavy atom. The van der Waals surface area contributed by atoms with Gasteiger partial charge in [-0.05, 0) is 40.9 Å². The minimum absolute atomic E-state index is 0.0624. The van der Waals surface area contributed by atoms with Gasteiger partial charge in [0.25, 0.3) is 0 Å². The number of nitrogens with zero attached hydrogens (tertiary/aromatic N) is 1. The summed E-state index contributed by atoms with van der Waals surface area (Å²) in [5, 5.41) is 0. The standard InChI is InChI=1S/C9H11BrN2O/c10-8-2-1-7(5-12-8)13-6-9(11)3-4-9/h1-2,5H,3-4,6,11H2. The molecule has 0 bridgehead atoms. The molecule has 1 heterocycles. The molecule has 3 nitrogen and oxygen atoms in total. The van der Waals surface area contributed by atoms with Crippen molar-refractivity contribution in [3.05, 3.63) is 22.9 Å². The third-order valence-electron chi connectivity index (χ3n) is 2.12. The first-order valence-electron chi connectivity index (χ1n) is 4.21. The van der Waals surface area contributed by atoms with Gasteiger partial charge >= 0.3 is 0 Å². The maximum atomic E-state index is 5.87. The number of hydrogen-bond donors (Lipinski definition) is 1. The number of halogens is 1. The Kier molecular flexibility index (Phi) is 2.26. The summed E-state index contributed by atoms with van der Waals surface area (Å²) < 4.78 is 6.29. The van der Waals surface area contributed by atoms with E-state index in [2.05, 4.69) is 20.9 Å². The summed E-state index contributed by atoms with van der Waals surface area (Å²) >= 11 is 3.26. The monoisotopic (exact) mass is 242 g/mol. The summed E-state index contributed by atoms with van der Waals surface area (Å²) in [5.74, 6) is 0.778. The van der Waals surface area contributed by atoms with Crippen molar-refractivity contribution in [1.82, 2.24) is 4.98 Å². The predicted molar refractivity (Wildman–Crippen MR) is 53.6 cm³/mol. The maximum Gasteiger partial charge on any atom is 0.137 e. The van der Waals surface area contributed by atoms with Crippen molar-refractivity contribution >= 4 is 15.9 Å². The Morgan fingerprint density at radius 3 is 2.85 bits per heavy atom. The normalized spacial score (nSPS) is 18.3. The number of aromatic nitrogens is 1. The van der Waals surface area contributed by atoms with E-state index in [1.807, 2.05) is 12.1 Å². The van der Waals surface area contributed by atoms with Crippen molar-refractivity contribution in [2.45, 2.75) is 18.4 Å². The van der Waals surface area contributed by atoms with E-state index in [9.17, 15) is 0 Å². The van der Waals surface area contributed by atoms with Gasteiger partial charge < -0.3 is 10.5 Å². The van der Waals surface area contributed by atoms with E-state index in [1.54, 1.807) is 6.20 Å². The van der Waals surface area contributed by atoms with Crippen LogP contribution in [0.4, 0.5) is 0 Å². The molecule has 0 aliphatic heterocycles. The van der Waals surface area contributed by atoms with Crippen molar-refractivity contribution in [2.24, 2.45) is 5.73 Å². The van der Waals surface area contributed by atoms with Gasteiger partial charge in [0.15, 0.2) is 0 Å². The zero-order chi connectivity index (χ0) is 9.31. The van der Waals surface area contributed by atoms with Crippen LogP contribution in [0.1, 0.15) is 12.8 Å². The SMILES string of the molecule is NC1(COc2ccc(Br)nc2)CC1. The molecule has 0 spiro atoms. The van der Waals surface area contributed by atoms with E-state index in [4.69, 9.17) is 10.5 Å². The summed E-state index contributed by atoms with van der Waals surface area (Å²) in [6.07, 6.45) is 3.82. The molecule has 70 valence electrons. The van der Waals surface area contributed by atoms with Crippen molar-refractivity contribution in [2.75, 3.05) is 6.61 Å². The van der Waals surface area contributed by atoms with Crippen molar-refractivity contribution < 1.29 is 4.74 Å². The van der Waals surface area contributed by atoms with Crippen LogP contribution in [0.3, 0.4) is 0 Å². The average Bonchev–Trinajstić information content (AvgIpc) is 2.84. The number of hydrogen-bond acceptors (Lipinski definition) is 3. The van der Waals surface area contributed by atoms with E-state index in [1.165, 1.54) is 0 Å². The zero-order valence-electron chi connectivity index (χ0n) is 7.16. The molecule has 1 aliphatic rings. The highest BCUT2D eigenvalue weighted by Gasteiger charge is 2.39. The van der Waals surface area contributed by atoms with E-state index in [0.29, 0.717) is 6.61 Å². The van der Waals surface area contributed by atoms with Gasteiger partial charge in [0.2, 0.25) is 0 Å². The lowest BCUT2D eigenvalue weighted by molar-refractivity contribution is 0.278. The summed E-state index contributed by atoms with van der Waals surface area (Å²) in [7, 11) is 0. The van der Waals surface area contributed by atoms with Crippen molar-refractivity contribution in [1.29, 1.82) is 0 Å². The highest BCUT2D eigenvalue weighted by Crippen LogP contribution is 2.32. The van der Waals surface area contributed by atoms with E-state index >= 15 is 0 Å². The third-order valence-corrected chi connectivity index (χ3v) is 2.59. The molecule has 1 aromatic rings. The van der Waals surface area contributed by atoms with Crippen LogP contribution >= 0.6 is 15.9 Å². The number of pyridine rings is 1. The van der Waals surface area contributed by atoms with Crippen LogP contribution in [0.2, 0.25) is 0 Å². The van der Waals surface area contributed by atoms with Gasteiger partial charge in [-0.2, -0.15) is 0 Å². The number of rotatable bonds is 3. The van der Waals surface area contributed by atoms with Gasteiger partial charge in [-0.1, -0.05) is 0 Å². The zero-order valence-corrected chi connectivity index (χ0v) is 8.75. The lowest BCUT2D eigenvalue weighted by Gasteiger charge is -2.10. The van der Waals surface area contributed by atoms with Gasteiger partial charge in [-0.25, -0.2) is 4.98 Å². The first kappa shape index (κ1) is 8.97. The van der Waals surface area contributed by atoms with E-state index < -0.39 is 0 Å². The second-order valence-corrected chi connectivity index (χ2v) is 4.28. The minimum atomic E-state index is -0.0624. The quantitative estimate of drug-likeness (QED) is 0.822. The Morgan fingerprint density at radius 1 is 1.54 bits per heavy atom. The molecule has 1 aromatic heterocycles. The van der Waals surface area contributed by atoms with Gasteiger partial charge in [0.1, 0.15) is 17.0 Å². The number of nitrogens with two attached hydrogens (primary N) is 1. The smallest absolute Gasteiger partial charge is 0.137 e. The molecule has 0 atom stereocenters. The topological polar surface area (TPSA) is 48.1 Å². The molecule has 0 aromatic carbocycles. The first-order valence-corrected chi connectivity index (χ1v) is 5.01. The van der Waals surface area contributed by atoms with Crippen LogP contribution in [0.5, 0.6) is 5.75 Å². The molecule has 2 N–H and O–H groups in total. The van der Waals surface area contributed by atoms with Crippen LogP contribution < -0.4 is 10.5 Å². The van der Waals surface area contributed by atoms with Crippen LogP contribution in [-0.4, -0.2) is 17.1 Å². The fourth-order valence-electron chi connectivity index (χ4n) is 0.980. The Bertz CT molecular complexity index is 295. The molecule has 1 fully saturated rings. The van der Waals surface area contributed by atoms with Crippen LogP contribution in [0, 0.1) is 0 Å². The summed E-state index contributed by atoms with van der Waals surface area (Å²) in [6.45, 7) is 0.594. The fraction of sp³-hybridized carbons (Fsp3) is 0.444. The molecular weight excluding hydrogens is 232 g/mol. The molecule has 4 heteroatoms. The van der Waals surface area contributed by atoms with Gasteiger partial charge in [-0.3, -0.25) is 0 Å². The molecule has 0 radical (unpaired) electrons. The van der Waals surface area contributed by atoms with Crippen LogP contribution in [-0.2, 0) is 0 Å². The summed E-state index contributed by atoms with van der Waals surface area (Å²) in [6, 6.07) is 3.73. The lowest BCUT2D eigenvalue weighted by Crippen LogP contribution is -2.29. The highest BCUT2D eigenvalue weighted by atomic mass is 79.9. The average molecular weight is 243 g/mol. The number of ether oxygens (including phenoxy) is 1. The fourth-order valence-corrected chi connectivity index (χ4v) is 1.21. The summed E-state index contributed by atoms with van der Waals surface area (Å²) in [5.41, 5.74) is 5.81. The highest BCUT2D eigenvalue weighted by molar-refractivity contribution is 9.10. The largest absolute Gasteiger partial charge is 0.490 e. The predicted octanol–water partition coefficient (Wildman–Crippen LogP) is 1.71. The second-order valence-electron chi connectivity index (χ2n) is 3.47. The van der Waals surface area contributed by atoms with E-state index in [0.717, 1.165) is 23.2 Å². The van der Waals surface area contributed by atoms with Gasteiger partial charge in [0, 0.05) is 0 Å². The van der Waals surface area contributed by atoms with Gasteiger partial charge in [-0.15, -0.1) is 0 Å². The maximum absolute atomic E-state index is 5.87. The molecule has 0 saturated heterocycles. The Hall–Kier alpha value is -0.610. The summed E-state index contributed by atoms with van der Waals surface area (Å²) in [4.78, 5) is 4.05. The molecule has 13 heavy (non-hydrogen) atoms. The Labute approximate surface area is 85.4 Å². The minimum Gasteiger partial charge on any atom is -0.490 e. The molecule has 1 aliphatic carbocycles. The molecule has 0 amide bonds. The van der Waals surface area contributed by atoms with Gasteiger partial charge in [0.05, 0.1) is 11.7 Å². The third kappa shape index (κ3) is 2.42. The molecular formula is C9H11BrN2O. The second kappa shape index (κ2) is 3.27. The molecule has 0 unspecified atom stereocenters. The van der Waals surface area contributed by atoms with Crippen molar-refractivity contribution in [3.8, 4) is 5.75 Å². The van der Waals surface area contributed by atoms with E-state index in [-0.39, 0.29) is 5.54 Å². The van der Waals surface area contributed by atoms with Crippen molar-refractivity contribution in [3.63, 3.8) is 0 Å².